The molecule has 2 aromatic rings. The summed E-state index contributed by atoms with van der Waals surface area (Å²) in [5.74, 6) is 4.22. The van der Waals surface area contributed by atoms with Gasteiger partial charge in [0.25, 0.3) is 0 Å². The third kappa shape index (κ3) is 4.17. The molecule has 0 aliphatic carbocycles. The van der Waals surface area contributed by atoms with Crippen LogP contribution in [-0.2, 0) is 22.4 Å². The van der Waals surface area contributed by atoms with Crippen LogP contribution in [0.2, 0.25) is 0 Å². The Bertz CT molecular complexity index is 629. The van der Waals surface area contributed by atoms with E-state index in [9.17, 15) is 14.7 Å². The molecule has 22 heavy (non-hydrogen) atoms. The van der Waals surface area contributed by atoms with Gasteiger partial charge in [-0.2, -0.15) is 0 Å². The van der Waals surface area contributed by atoms with Crippen LogP contribution in [0.5, 0.6) is 0 Å². The van der Waals surface area contributed by atoms with Gasteiger partial charge in [-0.25, -0.2) is 10.6 Å². The lowest BCUT2D eigenvalue weighted by Crippen LogP contribution is -2.51. The molecule has 0 saturated heterocycles. The van der Waals surface area contributed by atoms with Crippen molar-refractivity contribution >= 4 is 11.9 Å². The van der Waals surface area contributed by atoms with Gasteiger partial charge in [-0.3, -0.25) is 9.80 Å². The van der Waals surface area contributed by atoms with E-state index in [1.165, 1.54) is 0 Å². The smallest absolute Gasteiger partial charge is 0.328 e. The zero-order valence-electron chi connectivity index (χ0n) is 12.1. The number of hydrazine groups is 1. The molecule has 0 heterocycles. The van der Waals surface area contributed by atoms with Gasteiger partial charge in [0.2, 0.25) is 5.91 Å². The predicted molar refractivity (Wildman–Crippen MR) is 82.7 cm³/mol. The molecule has 5 nitrogen and oxygen atoms in total. The Labute approximate surface area is 129 Å². The lowest BCUT2D eigenvalue weighted by molar-refractivity contribution is -0.150. The van der Waals surface area contributed by atoms with Crippen LogP contribution >= 0.6 is 0 Å². The summed E-state index contributed by atoms with van der Waals surface area (Å²) in [6.07, 6.45) is 0.253. The molecule has 0 saturated carbocycles. The van der Waals surface area contributed by atoms with Crippen LogP contribution in [-0.4, -0.2) is 28.0 Å². The quantitative estimate of drug-likeness (QED) is 0.482. The number of rotatable bonds is 6. The highest BCUT2D eigenvalue weighted by molar-refractivity contribution is 5.84. The summed E-state index contributed by atoms with van der Waals surface area (Å²) in [6, 6.07) is 17.1. The minimum absolute atomic E-state index is 0.0793. The minimum atomic E-state index is -1.12. The van der Waals surface area contributed by atoms with Crippen LogP contribution in [0.15, 0.2) is 60.7 Å². The van der Waals surface area contributed by atoms with Gasteiger partial charge in [0, 0.05) is 6.42 Å². The molecule has 1 amide bonds. The molecule has 1 atom stereocenters. The fourth-order valence-electron chi connectivity index (χ4n) is 2.18. The first-order valence-electron chi connectivity index (χ1n) is 6.95. The first-order valence-corrected chi connectivity index (χ1v) is 6.95. The molecule has 0 bridgehead atoms. The van der Waals surface area contributed by atoms with Gasteiger partial charge in [0.05, 0.1) is 6.42 Å². The molecular formula is C17H18N2O3. The molecule has 0 aromatic heterocycles. The summed E-state index contributed by atoms with van der Waals surface area (Å²) in [5.41, 5.74) is 1.62. The summed E-state index contributed by atoms with van der Waals surface area (Å²) in [4.78, 5) is 23.6. The predicted octanol–water partition coefficient (Wildman–Crippen LogP) is 1.63. The van der Waals surface area contributed by atoms with Crippen LogP contribution in [0.4, 0.5) is 0 Å². The second kappa shape index (κ2) is 7.38. The standard InChI is InChI=1S/C17H18N2O3/c18-19(16(20)12-14-9-5-2-6-10-14)15(17(21)22)11-13-7-3-1-4-8-13/h1-10,15H,11-12,18H2,(H,21,22). The van der Waals surface area contributed by atoms with E-state index in [4.69, 9.17) is 5.84 Å². The van der Waals surface area contributed by atoms with Crippen molar-refractivity contribution in [3.05, 3.63) is 71.8 Å². The van der Waals surface area contributed by atoms with E-state index in [-0.39, 0.29) is 12.8 Å². The zero-order valence-corrected chi connectivity index (χ0v) is 12.1. The normalized spacial score (nSPS) is 11.7. The molecule has 0 aliphatic heterocycles. The second-order valence-corrected chi connectivity index (χ2v) is 5.01. The number of benzene rings is 2. The molecule has 1 unspecified atom stereocenters. The Hall–Kier alpha value is -2.66. The average molecular weight is 298 g/mol. The molecule has 114 valence electrons. The lowest BCUT2D eigenvalue weighted by Gasteiger charge is -2.24. The fraction of sp³-hybridized carbons (Fsp3) is 0.176. The van der Waals surface area contributed by atoms with Gasteiger partial charge >= 0.3 is 5.97 Å². The number of hydrogen-bond donors (Lipinski definition) is 2. The molecule has 2 aromatic carbocycles. The third-order valence-electron chi connectivity index (χ3n) is 3.38. The van der Waals surface area contributed by atoms with Gasteiger partial charge < -0.3 is 5.11 Å². The van der Waals surface area contributed by atoms with E-state index >= 15 is 0 Å². The molecular weight excluding hydrogens is 280 g/mol. The number of amides is 1. The Kier molecular flexibility index (Phi) is 5.27. The van der Waals surface area contributed by atoms with Crippen molar-refractivity contribution in [3.8, 4) is 0 Å². The summed E-state index contributed by atoms with van der Waals surface area (Å²) in [5, 5.41) is 10.2. The molecule has 0 aliphatic rings. The largest absolute Gasteiger partial charge is 0.480 e. The number of carbonyl (C=O) groups excluding carboxylic acids is 1. The number of nitrogens with zero attached hydrogens (tertiary/aromatic N) is 1. The Morgan fingerprint density at radius 2 is 1.45 bits per heavy atom. The maximum atomic E-state index is 12.2. The number of carboxylic acids is 1. The highest BCUT2D eigenvalue weighted by atomic mass is 16.4. The van der Waals surface area contributed by atoms with Crippen molar-refractivity contribution in [3.63, 3.8) is 0 Å². The van der Waals surface area contributed by atoms with Gasteiger partial charge in [-0.05, 0) is 11.1 Å². The Morgan fingerprint density at radius 3 is 1.95 bits per heavy atom. The van der Waals surface area contributed by atoms with Crippen molar-refractivity contribution in [1.82, 2.24) is 5.01 Å². The maximum Gasteiger partial charge on any atom is 0.328 e. The van der Waals surface area contributed by atoms with Crippen molar-refractivity contribution in [2.24, 2.45) is 5.84 Å². The topological polar surface area (TPSA) is 83.6 Å². The summed E-state index contributed by atoms with van der Waals surface area (Å²) in [7, 11) is 0. The minimum Gasteiger partial charge on any atom is -0.480 e. The van der Waals surface area contributed by atoms with Gasteiger partial charge in [-0.1, -0.05) is 60.7 Å². The SMILES string of the molecule is NN(C(=O)Cc1ccccc1)C(Cc1ccccc1)C(=O)O. The number of aliphatic carboxylic acids is 1. The summed E-state index contributed by atoms with van der Waals surface area (Å²) < 4.78 is 0. The Morgan fingerprint density at radius 1 is 0.955 bits per heavy atom. The fourth-order valence-corrected chi connectivity index (χ4v) is 2.18. The number of carboxylic acid groups (broad SMARTS) is 1. The second-order valence-electron chi connectivity index (χ2n) is 5.01. The van der Waals surface area contributed by atoms with Crippen molar-refractivity contribution < 1.29 is 14.7 Å². The van der Waals surface area contributed by atoms with Gasteiger partial charge in [0.1, 0.15) is 6.04 Å². The van der Waals surface area contributed by atoms with Gasteiger partial charge in [-0.15, -0.1) is 0 Å². The average Bonchev–Trinajstić information content (AvgIpc) is 2.53. The molecule has 0 radical (unpaired) electrons. The van der Waals surface area contributed by atoms with E-state index in [1.807, 2.05) is 48.5 Å². The van der Waals surface area contributed by atoms with Crippen LogP contribution in [0.1, 0.15) is 11.1 Å². The third-order valence-corrected chi connectivity index (χ3v) is 3.38. The number of nitrogens with two attached hydrogens (primary N) is 1. The molecule has 3 N–H and O–H groups in total. The summed E-state index contributed by atoms with van der Waals surface area (Å²) >= 11 is 0. The van der Waals surface area contributed by atoms with E-state index in [1.54, 1.807) is 12.1 Å². The first kappa shape index (κ1) is 15.7. The number of carbonyl (C=O) groups is 2. The van der Waals surface area contributed by atoms with E-state index < -0.39 is 17.9 Å². The number of hydrogen-bond acceptors (Lipinski definition) is 3. The van der Waals surface area contributed by atoms with Crippen molar-refractivity contribution in [2.75, 3.05) is 0 Å². The maximum absolute atomic E-state index is 12.2. The highest BCUT2D eigenvalue weighted by Gasteiger charge is 2.27. The van der Waals surface area contributed by atoms with E-state index in [0.717, 1.165) is 16.1 Å². The van der Waals surface area contributed by atoms with Crippen molar-refractivity contribution in [2.45, 2.75) is 18.9 Å². The molecule has 0 fully saturated rings. The summed E-state index contributed by atoms with van der Waals surface area (Å²) in [6.45, 7) is 0. The van der Waals surface area contributed by atoms with E-state index in [0.29, 0.717) is 0 Å². The molecule has 2 rings (SSSR count). The highest BCUT2D eigenvalue weighted by Crippen LogP contribution is 2.09. The Balaban J connectivity index is 2.07. The zero-order chi connectivity index (χ0) is 15.9. The van der Waals surface area contributed by atoms with Crippen molar-refractivity contribution in [1.29, 1.82) is 0 Å². The van der Waals surface area contributed by atoms with Crippen LogP contribution in [0.3, 0.4) is 0 Å². The van der Waals surface area contributed by atoms with E-state index in [2.05, 4.69) is 0 Å². The first-order chi connectivity index (χ1) is 10.6. The lowest BCUT2D eigenvalue weighted by atomic mass is 10.0. The molecule has 5 heteroatoms. The monoisotopic (exact) mass is 298 g/mol. The van der Waals surface area contributed by atoms with Gasteiger partial charge in [0.15, 0.2) is 0 Å². The van der Waals surface area contributed by atoms with Crippen LogP contribution < -0.4 is 5.84 Å². The molecule has 0 spiro atoms. The van der Waals surface area contributed by atoms with Crippen LogP contribution in [0.25, 0.3) is 0 Å². The van der Waals surface area contributed by atoms with Crippen LogP contribution in [0, 0.1) is 0 Å².